The van der Waals surface area contributed by atoms with Gasteiger partial charge in [-0.15, -0.1) is 0 Å². The van der Waals surface area contributed by atoms with Crippen LogP contribution in [0.3, 0.4) is 0 Å². The third-order valence-corrected chi connectivity index (χ3v) is 4.79. The number of benzene rings is 1. The Morgan fingerprint density at radius 1 is 1.24 bits per heavy atom. The SMILES string of the molecule is Cc1nc(-c2cccc(Cl)c2)n(CC(=O)Nc2cccnc2Cl)c(=O)c1CCO. The molecule has 150 valence electrons. The van der Waals surface area contributed by atoms with Gasteiger partial charge in [-0.1, -0.05) is 35.3 Å². The molecule has 1 amide bonds. The van der Waals surface area contributed by atoms with Gasteiger partial charge >= 0.3 is 0 Å². The number of aryl methyl sites for hydroxylation is 1. The van der Waals surface area contributed by atoms with E-state index in [9.17, 15) is 14.7 Å². The van der Waals surface area contributed by atoms with E-state index in [1.165, 1.54) is 10.8 Å². The first-order chi connectivity index (χ1) is 13.9. The van der Waals surface area contributed by atoms with Gasteiger partial charge in [0.05, 0.1) is 5.69 Å². The van der Waals surface area contributed by atoms with Crippen LogP contribution in [0, 0.1) is 6.92 Å². The molecule has 2 N–H and O–H groups in total. The lowest BCUT2D eigenvalue weighted by Gasteiger charge is -2.16. The van der Waals surface area contributed by atoms with Crippen molar-refractivity contribution in [1.29, 1.82) is 0 Å². The highest BCUT2D eigenvalue weighted by molar-refractivity contribution is 6.32. The second-order valence-corrected chi connectivity index (χ2v) is 7.06. The number of aliphatic hydroxyl groups is 1. The molecule has 9 heteroatoms. The van der Waals surface area contributed by atoms with Gasteiger partial charge in [-0.25, -0.2) is 9.97 Å². The molecule has 0 aliphatic rings. The molecule has 0 aliphatic carbocycles. The first-order valence-electron chi connectivity index (χ1n) is 8.78. The predicted molar refractivity (Wildman–Crippen MR) is 112 cm³/mol. The summed E-state index contributed by atoms with van der Waals surface area (Å²) in [5.74, 6) is -0.157. The first-order valence-corrected chi connectivity index (χ1v) is 9.53. The number of nitrogens with one attached hydrogen (secondary N) is 1. The Balaban J connectivity index is 2.05. The monoisotopic (exact) mass is 432 g/mol. The standard InChI is InChI=1S/C20H18Cl2N4O3/c1-12-15(7-9-27)20(29)26(19(24-12)13-4-2-5-14(21)10-13)11-17(28)25-16-6-3-8-23-18(16)22/h2-6,8,10,27H,7,9,11H2,1H3,(H,25,28). The molecule has 0 atom stereocenters. The molecule has 1 aromatic carbocycles. The summed E-state index contributed by atoms with van der Waals surface area (Å²) in [7, 11) is 0. The van der Waals surface area contributed by atoms with Gasteiger partial charge in [-0.2, -0.15) is 0 Å². The minimum atomic E-state index is -0.467. The molecule has 7 nitrogen and oxygen atoms in total. The number of halogens is 2. The topological polar surface area (TPSA) is 97.1 Å². The van der Waals surface area contributed by atoms with E-state index in [-0.39, 0.29) is 24.7 Å². The lowest BCUT2D eigenvalue weighted by atomic mass is 10.1. The van der Waals surface area contributed by atoms with Crippen LogP contribution in [0.2, 0.25) is 10.2 Å². The van der Waals surface area contributed by atoms with Gasteiger partial charge in [-0.3, -0.25) is 14.2 Å². The zero-order valence-corrected chi connectivity index (χ0v) is 17.0. The third kappa shape index (κ3) is 4.82. The second kappa shape index (κ2) is 9.17. The third-order valence-electron chi connectivity index (χ3n) is 4.25. The maximum Gasteiger partial charge on any atom is 0.257 e. The molecule has 0 unspecified atom stereocenters. The van der Waals surface area contributed by atoms with Crippen LogP contribution < -0.4 is 10.9 Å². The number of nitrogens with zero attached hydrogens (tertiary/aromatic N) is 3. The lowest BCUT2D eigenvalue weighted by Crippen LogP contribution is -2.33. The first kappa shape index (κ1) is 21.0. The van der Waals surface area contributed by atoms with Crippen molar-refractivity contribution in [3.8, 4) is 11.4 Å². The van der Waals surface area contributed by atoms with E-state index in [1.54, 1.807) is 43.3 Å². The van der Waals surface area contributed by atoms with E-state index in [4.69, 9.17) is 23.2 Å². The quantitative estimate of drug-likeness (QED) is 0.583. The Morgan fingerprint density at radius 2 is 2.03 bits per heavy atom. The van der Waals surface area contributed by atoms with E-state index in [0.717, 1.165) is 0 Å². The zero-order chi connectivity index (χ0) is 21.0. The molecule has 0 saturated heterocycles. The second-order valence-electron chi connectivity index (χ2n) is 6.26. The Hall–Kier alpha value is -2.74. The lowest BCUT2D eigenvalue weighted by molar-refractivity contribution is -0.116. The van der Waals surface area contributed by atoms with Crippen LogP contribution in [-0.2, 0) is 17.8 Å². The molecule has 3 rings (SSSR count). The zero-order valence-electron chi connectivity index (χ0n) is 15.5. The number of hydrogen-bond acceptors (Lipinski definition) is 5. The summed E-state index contributed by atoms with van der Waals surface area (Å²) < 4.78 is 1.27. The van der Waals surface area contributed by atoms with Crippen molar-refractivity contribution in [1.82, 2.24) is 14.5 Å². The number of aliphatic hydroxyl groups excluding tert-OH is 1. The van der Waals surface area contributed by atoms with Gasteiger partial charge in [-0.05, 0) is 31.2 Å². The number of aromatic nitrogens is 3. The van der Waals surface area contributed by atoms with Crippen molar-refractivity contribution >= 4 is 34.8 Å². The highest BCUT2D eigenvalue weighted by Gasteiger charge is 2.18. The highest BCUT2D eigenvalue weighted by atomic mass is 35.5. The number of hydrogen-bond donors (Lipinski definition) is 2. The molecule has 2 aromatic heterocycles. The maximum absolute atomic E-state index is 13.1. The highest BCUT2D eigenvalue weighted by Crippen LogP contribution is 2.22. The molecule has 29 heavy (non-hydrogen) atoms. The van der Waals surface area contributed by atoms with Crippen molar-refractivity contribution in [2.24, 2.45) is 0 Å². The number of pyridine rings is 1. The number of carbonyl (C=O) groups is 1. The smallest absolute Gasteiger partial charge is 0.257 e. The van der Waals surface area contributed by atoms with Gasteiger partial charge in [0.1, 0.15) is 12.4 Å². The average Bonchev–Trinajstić information content (AvgIpc) is 2.69. The summed E-state index contributed by atoms with van der Waals surface area (Å²) >= 11 is 12.1. The van der Waals surface area contributed by atoms with Crippen LogP contribution in [0.15, 0.2) is 47.4 Å². The van der Waals surface area contributed by atoms with Crippen LogP contribution in [-0.4, -0.2) is 32.2 Å². The maximum atomic E-state index is 13.1. The molecular formula is C20H18Cl2N4O3. The number of carbonyl (C=O) groups excluding carboxylic acids is 1. The van der Waals surface area contributed by atoms with E-state index in [1.807, 2.05) is 0 Å². The van der Waals surface area contributed by atoms with Crippen LogP contribution in [0.4, 0.5) is 5.69 Å². The summed E-state index contributed by atoms with van der Waals surface area (Å²) in [6, 6.07) is 10.1. The summed E-state index contributed by atoms with van der Waals surface area (Å²) in [6.07, 6.45) is 1.65. The predicted octanol–water partition coefficient (Wildman–Crippen LogP) is 3.09. The van der Waals surface area contributed by atoms with E-state index in [0.29, 0.717) is 33.4 Å². The summed E-state index contributed by atoms with van der Waals surface area (Å²) in [5, 5.41) is 12.6. The average molecular weight is 433 g/mol. The fourth-order valence-electron chi connectivity index (χ4n) is 2.91. The fraction of sp³-hybridized carbons (Fsp3) is 0.200. The normalized spacial score (nSPS) is 10.8. The minimum Gasteiger partial charge on any atom is -0.396 e. The summed E-state index contributed by atoms with van der Waals surface area (Å²) in [4.78, 5) is 34.1. The fourth-order valence-corrected chi connectivity index (χ4v) is 3.26. The molecule has 0 spiro atoms. The molecular weight excluding hydrogens is 415 g/mol. The van der Waals surface area contributed by atoms with Crippen molar-refractivity contribution < 1.29 is 9.90 Å². The van der Waals surface area contributed by atoms with E-state index in [2.05, 4.69) is 15.3 Å². The number of anilines is 1. The van der Waals surface area contributed by atoms with Crippen molar-refractivity contribution in [3.05, 3.63) is 74.4 Å². The van der Waals surface area contributed by atoms with Crippen LogP contribution in [0.1, 0.15) is 11.3 Å². The van der Waals surface area contributed by atoms with Crippen LogP contribution in [0.25, 0.3) is 11.4 Å². The van der Waals surface area contributed by atoms with Gasteiger partial charge in [0.15, 0.2) is 5.15 Å². The van der Waals surface area contributed by atoms with E-state index >= 15 is 0 Å². The molecule has 0 radical (unpaired) electrons. The number of amides is 1. The summed E-state index contributed by atoms with van der Waals surface area (Å²) in [5.41, 5.74) is 1.39. The van der Waals surface area contributed by atoms with Crippen molar-refractivity contribution in [2.75, 3.05) is 11.9 Å². The molecule has 0 aliphatic heterocycles. The number of rotatable bonds is 6. The van der Waals surface area contributed by atoms with Gasteiger partial charge in [0, 0.05) is 41.1 Å². The molecule has 2 heterocycles. The Labute approximate surface area is 177 Å². The Kier molecular flexibility index (Phi) is 6.64. The van der Waals surface area contributed by atoms with Crippen molar-refractivity contribution in [3.63, 3.8) is 0 Å². The van der Waals surface area contributed by atoms with Crippen LogP contribution in [0.5, 0.6) is 0 Å². The molecule has 3 aromatic rings. The largest absolute Gasteiger partial charge is 0.396 e. The molecule has 0 bridgehead atoms. The Morgan fingerprint density at radius 3 is 2.72 bits per heavy atom. The van der Waals surface area contributed by atoms with Gasteiger partial charge < -0.3 is 10.4 Å². The van der Waals surface area contributed by atoms with Gasteiger partial charge in [0.25, 0.3) is 5.56 Å². The Bertz CT molecular complexity index is 1120. The van der Waals surface area contributed by atoms with Gasteiger partial charge in [0.2, 0.25) is 5.91 Å². The van der Waals surface area contributed by atoms with E-state index < -0.39 is 11.5 Å². The van der Waals surface area contributed by atoms with Crippen molar-refractivity contribution in [2.45, 2.75) is 19.9 Å². The van der Waals surface area contributed by atoms with Crippen LogP contribution >= 0.6 is 23.2 Å². The molecule has 0 fully saturated rings. The molecule has 0 saturated carbocycles. The minimum absolute atomic E-state index is 0.142. The summed E-state index contributed by atoms with van der Waals surface area (Å²) in [6.45, 7) is 1.20.